The van der Waals surface area contributed by atoms with Crippen molar-refractivity contribution >= 4 is 54.3 Å². The van der Waals surface area contributed by atoms with E-state index in [9.17, 15) is 18.0 Å². The number of aryl methyl sites for hydroxylation is 1. The van der Waals surface area contributed by atoms with Crippen molar-refractivity contribution in [2.45, 2.75) is 25.3 Å². The van der Waals surface area contributed by atoms with E-state index in [1.54, 1.807) is 6.92 Å². The lowest BCUT2D eigenvalue weighted by Crippen LogP contribution is -2.50. The molecule has 0 bridgehead atoms. The third-order valence-corrected chi connectivity index (χ3v) is 9.63. The molecule has 9 nitrogen and oxygen atoms in total. The molecule has 0 saturated carbocycles. The van der Waals surface area contributed by atoms with E-state index in [0.29, 0.717) is 16.9 Å². The van der Waals surface area contributed by atoms with E-state index in [1.165, 1.54) is 44.8 Å². The SMILES string of the molecule is CCOC(=O)N1CCN(S(=O)(=O)c2ccc(C(=O)N=c3sc4c5ccccc5ccc4n3CC)cc2)CC1. The summed E-state index contributed by atoms with van der Waals surface area (Å²) in [5, 5.41) is 2.24. The van der Waals surface area contributed by atoms with Gasteiger partial charge in [-0.05, 0) is 49.6 Å². The van der Waals surface area contributed by atoms with Crippen molar-refractivity contribution in [1.82, 2.24) is 13.8 Å². The summed E-state index contributed by atoms with van der Waals surface area (Å²) in [6.45, 7) is 5.54. The van der Waals surface area contributed by atoms with E-state index < -0.39 is 22.0 Å². The number of hydrogen-bond donors (Lipinski definition) is 0. The molecule has 0 spiro atoms. The molecule has 38 heavy (non-hydrogen) atoms. The molecule has 1 fully saturated rings. The van der Waals surface area contributed by atoms with Gasteiger partial charge < -0.3 is 14.2 Å². The number of piperazine rings is 1. The molecule has 0 atom stereocenters. The maximum absolute atomic E-state index is 13.1. The smallest absolute Gasteiger partial charge is 0.409 e. The fourth-order valence-electron chi connectivity index (χ4n) is 4.59. The predicted octanol–water partition coefficient (Wildman–Crippen LogP) is 4.08. The van der Waals surface area contributed by atoms with Crippen LogP contribution in [0.1, 0.15) is 24.2 Å². The lowest BCUT2D eigenvalue weighted by molar-refractivity contribution is 0.0933. The lowest BCUT2D eigenvalue weighted by Gasteiger charge is -2.33. The highest BCUT2D eigenvalue weighted by atomic mass is 32.2. The standard InChI is InChI=1S/C27H28N4O5S2/c1-3-31-23-14-11-19-7-5-6-8-22(19)24(23)37-26(31)28-25(32)20-9-12-21(13-10-20)38(34,35)30-17-15-29(16-18-30)27(33)36-4-2/h5-14H,3-4,15-18H2,1-2H3. The van der Waals surface area contributed by atoms with Gasteiger partial charge >= 0.3 is 6.09 Å². The van der Waals surface area contributed by atoms with Crippen molar-refractivity contribution in [2.75, 3.05) is 32.8 Å². The molecular weight excluding hydrogens is 524 g/mol. The van der Waals surface area contributed by atoms with Gasteiger partial charge in [-0.15, -0.1) is 0 Å². The second-order valence-electron chi connectivity index (χ2n) is 8.80. The zero-order valence-corrected chi connectivity index (χ0v) is 22.8. The van der Waals surface area contributed by atoms with Crippen LogP contribution in [0.3, 0.4) is 0 Å². The second-order valence-corrected chi connectivity index (χ2v) is 11.7. The van der Waals surface area contributed by atoms with Crippen molar-refractivity contribution in [3.05, 3.63) is 71.0 Å². The van der Waals surface area contributed by atoms with Gasteiger partial charge in [0.25, 0.3) is 5.91 Å². The molecule has 0 aliphatic carbocycles. The van der Waals surface area contributed by atoms with Crippen LogP contribution in [0.2, 0.25) is 0 Å². The molecule has 0 N–H and O–H groups in total. The molecule has 3 aromatic carbocycles. The number of carbonyl (C=O) groups is 2. The largest absolute Gasteiger partial charge is 0.450 e. The molecule has 5 rings (SSSR count). The molecule has 1 aliphatic rings. The van der Waals surface area contributed by atoms with Crippen LogP contribution >= 0.6 is 11.3 Å². The maximum atomic E-state index is 13.1. The second kappa shape index (κ2) is 10.7. The number of ether oxygens (including phenoxy) is 1. The van der Waals surface area contributed by atoms with E-state index in [4.69, 9.17) is 4.74 Å². The Morgan fingerprint density at radius 3 is 2.34 bits per heavy atom. The predicted molar refractivity (Wildman–Crippen MR) is 147 cm³/mol. The normalized spacial score (nSPS) is 15.3. The first kappa shape index (κ1) is 26.1. The van der Waals surface area contributed by atoms with Crippen LogP contribution in [-0.4, -0.2) is 67.0 Å². The lowest BCUT2D eigenvalue weighted by atomic mass is 10.1. The summed E-state index contributed by atoms with van der Waals surface area (Å²) < 4.78 is 35.7. The number of carbonyl (C=O) groups excluding carboxylic acids is 2. The maximum Gasteiger partial charge on any atom is 0.409 e. The first-order chi connectivity index (χ1) is 18.3. The Bertz CT molecular complexity index is 1680. The van der Waals surface area contributed by atoms with Gasteiger partial charge in [-0.3, -0.25) is 4.79 Å². The Morgan fingerprint density at radius 1 is 0.947 bits per heavy atom. The minimum atomic E-state index is -3.76. The topological polar surface area (TPSA) is 101 Å². The number of nitrogens with zero attached hydrogens (tertiary/aromatic N) is 4. The quantitative estimate of drug-likeness (QED) is 0.371. The van der Waals surface area contributed by atoms with Crippen molar-refractivity contribution < 1.29 is 22.7 Å². The van der Waals surface area contributed by atoms with Gasteiger partial charge in [0.1, 0.15) is 0 Å². The van der Waals surface area contributed by atoms with Gasteiger partial charge in [-0.25, -0.2) is 13.2 Å². The summed E-state index contributed by atoms with van der Waals surface area (Å²) in [6, 6.07) is 18.1. The van der Waals surface area contributed by atoms with Crippen LogP contribution in [0, 0.1) is 0 Å². The average molecular weight is 553 g/mol. The number of sulfonamides is 1. The minimum absolute atomic E-state index is 0.0931. The first-order valence-corrected chi connectivity index (χ1v) is 14.7. The Morgan fingerprint density at radius 2 is 1.66 bits per heavy atom. The fourth-order valence-corrected chi connectivity index (χ4v) is 7.23. The van der Waals surface area contributed by atoms with E-state index in [2.05, 4.69) is 23.2 Å². The summed E-state index contributed by atoms with van der Waals surface area (Å²) in [5.41, 5.74) is 1.33. The van der Waals surface area contributed by atoms with E-state index in [1.807, 2.05) is 29.7 Å². The number of fused-ring (bicyclic) bond motifs is 3. The van der Waals surface area contributed by atoms with Crippen LogP contribution in [0.15, 0.2) is 70.6 Å². The van der Waals surface area contributed by atoms with Crippen molar-refractivity contribution in [2.24, 2.45) is 4.99 Å². The summed E-state index contributed by atoms with van der Waals surface area (Å²) in [7, 11) is -3.76. The number of rotatable bonds is 5. The van der Waals surface area contributed by atoms with Crippen LogP contribution < -0.4 is 4.80 Å². The highest BCUT2D eigenvalue weighted by molar-refractivity contribution is 7.89. The van der Waals surface area contributed by atoms with Crippen LogP contribution in [0.5, 0.6) is 0 Å². The van der Waals surface area contributed by atoms with Crippen molar-refractivity contribution in [3.8, 4) is 0 Å². The highest BCUT2D eigenvalue weighted by Crippen LogP contribution is 2.27. The Labute approximate surface area is 224 Å². The van der Waals surface area contributed by atoms with Crippen molar-refractivity contribution in [1.29, 1.82) is 0 Å². The minimum Gasteiger partial charge on any atom is -0.450 e. The molecule has 198 valence electrons. The van der Waals surface area contributed by atoms with Crippen LogP contribution in [0.4, 0.5) is 4.79 Å². The number of aromatic nitrogens is 1. The molecule has 2 amide bonds. The summed E-state index contributed by atoms with van der Waals surface area (Å²) >= 11 is 1.47. The Balaban J connectivity index is 1.37. The molecule has 0 unspecified atom stereocenters. The van der Waals surface area contributed by atoms with Gasteiger partial charge in [0.15, 0.2) is 4.80 Å². The third-order valence-electron chi connectivity index (χ3n) is 6.59. The van der Waals surface area contributed by atoms with E-state index in [-0.39, 0.29) is 37.7 Å². The van der Waals surface area contributed by atoms with Gasteiger partial charge in [0.2, 0.25) is 10.0 Å². The van der Waals surface area contributed by atoms with Gasteiger partial charge in [-0.2, -0.15) is 9.30 Å². The number of amides is 2. The summed E-state index contributed by atoms with van der Waals surface area (Å²) in [6.07, 6.45) is -0.438. The summed E-state index contributed by atoms with van der Waals surface area (Å²) in [4.78, 5) is 31.5. The van der Waals surface area contributed by atoms with Gasteiger partial charge in [0.05, 0.1) is 21.7 Å². The molecule has 2 heterocycles. The van der Waals surface area contributed by atoms with E-state index >= 15 is 0 Å². The molecule has 0 radical (unpaired) electrons. The molecular formula is C27H28N4O5S2. The zero-order chi connectivity index (χ0) is 26.9. The molecule has 1 aliphatic heterocycles. The third kappa shape index (κ3) is 4.84. The van der Waals surface area contributed by atoms with Gasteiger partial charge in [-0.1, -0.05) is 41.7 Å². The average Bonchev–Trinajstić information content (AvgIpc) is 3.30. The van der Waals surface area contributed by atoms with E-state index in [0.717, 1.165) is 21.0 Å². The summed E-state index contributed by atoms with van der Waals surface area (Å²) in [5.74, 6) is -0.435. The molecule has 11 heteroatoms. The van der Waals surface area contributed by atoms with Gasteiger partial charge in [0, 0.05) is 43.7 Å². The molecule has 4 aromatic rings. The number of thiazole rings is 1. The van der Waals surface area contributed by atoms with Crippen LogP contribution in [-0.2, 0) is 21.3 Å². The first-order valence-electron chi connectivity index (χ1n) is 12.5. The zero-order valence-electron chi connectivity index (χ0n) is 21.2. The number of hydrogen-bond acceptors (Lipinski definition) is 6. The monoisotopic (exact) mass is 552 g/mol. The Hall–Kier alpha value is -3.54. The molecule has 1 saturated heterocycles. The fraction of sp³-hybridized carbons (Fsp3) is 0.296. The van der Waals surface area contributed by atoms with Crippen molar-refractivity contribution in [3.63, 3.8) is 0 Å². The van der Waals surface area contributed by atoms with Crippen LogP contribution in [0.25, 0.3) is 21.0 Å². The highest BCUT2D eigenvalue weighted by Gasteiger charge is 2.30. The number of benzene rings is 3. The molecule has 1 aromatic heterocycles. The Kier molecular flexibility index (Phi) is 7.33.